The van der Waals surface area contributed by atoms with Crippen LogP contribution in [0.3, 0.4) is 0 Å². The Kier molecular flexibility index (Phi) is 4.54. The van der Waals surface area contributed by atoms with Crippen LogP contribution in [0.5, 0.6) is 0 Å². The number of methoxy groups -OCH3 is 1. The molecule has 3 nitrogen and oxygen atoms in total. The van der Waals surface area contributed by atoms with E-state index in [1.165, 1.54) is 11.1 Å². The maximum Gasteiger partial charge on any atom is 0.0852 e. The van der Waals surface area contributed by atoms with Gasteiger partial charge in [0, 0.05) is 20.1 Å². The smallest absolute Gasteiger partial charge is 0.0852 e. The molecule has 1 aliphatic heterocycles. The summed E-state index contributed by atoms with van der Waals surface area (Å²) >= 11 is 0. The molecule has 0 aromatic heterocycles. The highest BCUT2D eigenvalue weighted by atomic mass is 16.5. The quantitative estimate of drug-likeness (QED) is 0.850. The molecule has 2 atom stereocenters. The van der Waals surface area contributed by atoms with Gasteiger partial charge >= 0.3 is 0 Å². The van der Waals surface area contributed by atoms with Gasteiger partial charge in [0.05, 0.1) is 18.8 Å². The summed E-state index contributed by atoms with van der Waals surface area (Å²) in [7, 11) is 1.65. The van der Waals surface area contributed by atoms with Crippen LogP contribution >= 0.6 is 0 Å². The first-order valence-electron chi connectivity index (χ1n) is 6.17. The Hall–Kier alpha value is -0.900. The minimum absolute atomic E-state index is 0.0341. The van der Waals surface area contributed by atoms with Crippen LogP contribution in [0, 0.1) is 0 Å². The van der Waals surface area contributed by atoms with Crippen molar-refractivity contribution in [2.75, 3.05) is 20.3 Å². The second-order valence-corrected chi connectivity index (χ2v) is 4.48. The molecule has 0 fully saturated rings. The van der Waals surface area contributed by atoms with Crippen LogP contribution in [0.4, 0.5) is 0 Å². The van der Waals surface area contributed by atoms with E-state index in [1.54, 1.807) is 7.11 Å². The standard InChI is InChI=1S/C14H20O3/c1-16-8-7-12(15)10-14-13-5-3-2-4-11(13)6-9-17-14/h2-5,12,14-15H,6-10H2,1H3. The van der Waals surface area contributed by atoms with Gasteiger partial charge in [0.25, 0.3) is 0 Å². The lowest BCUT2D eigenvalue weighted by molar-refractivity contribution is -0.00280. The Morgan fingerprint density at radius 3 is 3.12 bits per heavy atom. The fourth-order valence-electron chi connectivity index (χ4n) is 2.29. The van der Waals surface area contributed by atoms with Gasteiger partial charge in [-0.15, -0.1) is 0 Å². The second-order valence-electron chi connectivity index (χ2n) is 4.48. The molecule has 0 aliphatic carbocycles. The van der Waals surface area contributed by atoms with Crippen molar-refractivity contribution in [2.24, 2.45) is 0 Å². The van der Waals surface area contributed by atoms with Gasteiger partial charge < -0.3 is 14.6 Å². The molecular formula is C14H20O3. The topological polar surface area (TPSA) is 38.7 Å². The highest BCUT2D eigenvalue weighted by Gasteiger charge is 2.22. The number of benzene rings is 1. The molecule has 2 unspecified atom stereocenters. The molecule has 1 aliphatic rings. The second kappa shape index (κ2) is 6.15. The highest BCUT2D eigenvalue weighted by molar-refractivity contribution is 5.30. The molecule has 0 amide bonds. The number of aliphatic hydroxyl groups excluding tert-OH is 1. The molecule has 94 valence electrons. The van der Waals surface area contributed by atoms with Crippen LogP contribution in [0.25, 0.3) is 0 Å². The first-order chi connectivity index (χ1) is 8.31. The average Bonchev–Trinajstić information content (AvgIpc) is 2.37. The van der Waals surface area contributed by atoms with Gasteiger partial charge in [-0.1, -0.05) is 24.3 Å². The third kappa shape index (κ3) is 3.28. The SMILES string of the molecule is COCCC(O)CC1OCCc2ccccc21. The van der Waals surface area contributed by atoms with E-state index in [-0.39, 0.29) is 12.2 Å². The van der Waals surface area contributed by atoms with Crippen molar-refractivity contribution in [3.8, 4) is 0 Å². The number of rotatable bonds is 5. The van der Waals surface area contributed by atoms with E-state index >= 15 is 0 Å². The molecule has 2 rings (SSSR count). The summed E-state index contributed by atoms with van der Waals surface area (Å²) in [5.74, 6) is 0. The van der Waals surface area contributed by atoms with E-state index in [2.05, 4.69) is 18.2 Å². The molecule has 0 spiro atoms. The lowest BCUT2D eigenvalue weighted by Gasteiger charge is -2.27. The minimum Gasteiger partial charge on any atom is -0.393 e. The van der Waals surface area contributed by atoms with E-state index in [1.807, 2.05) is 6.07 Å². The first kappa shape index (κ1) is 12.6. The lowest BCUT2D eigenvalue weighted by atomic mass is 9.94. The number of ether oxygens (including phenoxy) is 2. The number of aliphatic hydroxyl groups is 1. The van der Waals surface area contributed by atoms with Gasteiger partial charge in [-0.05, 0) is 24.0 Å². The normalized spacial score (nSPS) is 20.9. The zero-order valence-electron chi connectivity index (χ0n) is 10.3. The van der Waals surface area contributed by atoms with Gasteiger partial charge in [-0.3, -0.25) is 0 Å². The first-order valence-corrected chi connectivity index (χ1v) is 6.17. The number of fused-ring (bicyclic) bond motifs is 1. The Morgan fingerprint density at radius 2 is 2.29 bits per heavy atom. The van der Waals surface area contributed by atoms with Gasteiger partial charge in [0.2, 0.25) is 0 Å². The van der Waals surface area contributed by atoms with Crippen molar-refractivity contribution in [2.45, 2.75) is 31.5 Å². The molecule has 0 saturated carbocycles. The van der Waals surface area contributed by atoms with E-state index in [0.717, 1.165) is 13.0 Å². The number of hydrogen-bond acceptors (Lipinski definition) is 3. The zero-order valence-corrected chi connectivity index (χ0v) is 10.3. The number of hydrogen-bond donors (Lipinski definition) is 1. The lowest BCUT2D eigenvalue weighted by Crippen LogP contribution is -2.21. The Morgan fingerprint density at radius 1 is 1.47 bits per heavy atom. The maximum atomic E-state index is 9.90. The molecule has 1 aromatic carbocycles. The van der Waals surface area contributed by atoms with Crippen molar-refractivity contribution in [1.29, 1.82) is 0 Å². The van der Waals surface area contributed by atoms with Crippen LogP contribution in [-0.2, 0) is 15.9 Å². The predicted molar refractivity (Wildman–Crippen MR) is 66.0 cm³/mol. The van der Waals surface area contributed by atoms with Crippen LogP contribution in [0.1, 0.15) is 30.1 Å². The molecule has 0 radical (unpaired) electrons. The van der Waals surface area contributed by atoms with Crippen LogP contribution in [0.15, 0.2) is 24.3 Å². The minimum atomic E-state index is -0.355. The van der Waals surface area contributed by atoms with E-state index < -0.39 is 0 Å². The summed E-state index contributed by atoms with van der Waals surface area (Å²) in [6, 6.07) is 8.33. The van der Waals surface area contributed by atoms with Crippen molar-refractivity contribution >= 4 is 0 Å². The Labute approximate surface area is 102 Å². The van der Waals surface area contributed by atoms with Crippen molar-refractivity contribution in [3.63, 3.8) is 0 Å². The fraction of sp³-hybridized carbons (Fsp3) is 0.571. The Bertz CT molecular complexity index is 351. The molecule has 1 aromatic rings. The molecule has 17 heavy (non-hydrogen) atoms. The predicted octanol–water partition coefficient (Wildman–Crippen LogP) is 2.09. The summed E-state index contributed by atoms with van der Waals surface area (Å²) in [6.45, 7) is 1.34. The van der Waals surface area contributed by atoms with Gasteiger partial charge in [0.1, 0.15) is 0 Å². The molecule has 3 heteroatoms. The average molecular weight is 236 g/mol. The van der Waals surface area contributed by atoms with Gasteiger partial charge in [-0.2, -0.15) is 0 Å². The van der Waals surface area contributed by atoms with E-state index in [9.17, 15) is 5.11 Å². The molecule has 1 heterocycles. The highest BCUT2D eigenvalue weighted by Crippen LogP contribution is 2.30. The van der Waals surface area contributed by atoms with E-state index in [4.69, 9.17) is 9.47 Å². The largest absolute Gasteiger partial charge is 0.393 e. The third-order valence-corrected chi connectivity index (χ3v) is 3.23. The summed E-state index contributed by atoms with van der Waals surface area (Å²) in [4.78, 5) is 0. The van der Waals surface area contributed by atoms with Gasteiger partial charge in [-0.25, -0.2) is 0 Å². The van der Waals surface area contributed by atoms with Crippen LogP contribution < -0.4 is 0 Å². The molecule has 1 N–H and O–H groups in total. The fourth-order valence-corrected chi connectivity index (χ4v) is 2.29. The van der Waals surface area contributed by atoms with Crippen molar-refractivity contribution in [3.05, 3.63) is 35.4 Å². The maximum absolute atomic E-state index is 9.90. The van der Waals surface area contributed by atoms with Crippen LogP contribution in [-0.4, -0.2) is 31.5 Å². The third-order valence-electron chi connectivity index (χ3n) is 3.23. The molecule has 0 bridgehead atoms. The van der Waals surface area contributed by atoms with Crippen molar-refractivity contribution < 1.29 is 14.6 Å². The monoisotopic (exact) mass is 236 g/mol. The summed E-state index contributed by atoms with van der Waals surface area (Å²) < 4.78 is 10.7. The van der Waals surface area contributed by atoms with Crippen molar-refractivity contribution in [1.82, 2.24) is 0 Å². The molecule has 0 saturated heterocycles. The summed E-state index contributed by atoms with van der Waals surface area (Å²) in [6.07, 6.45) is 1.97. The van der Waals surface area contributed by atoms with Gasteiger partial charge in [0.15, 0.2) is 0 Å². The zero-order chi connectivity index (χ0) is 12.1. The summed E-state index contributed by atoms with van der Waals surface area (Å²) in [5.41, 5.74) is 2.58. The van der Waals surface area contributed by atoms with Crippen LogP contribution in [0.2, 0.25) is 0 Å². The molecular weight excluding hydrogens is 216 g/mol. The van der Waals surface area contributed by atoms with E-state index in [0.29, 0.717) is 19.4 Å². The summed E-state index contributed by atoms with van der Waals surface area (Å²) in [5, 5.41) is 9.90. The Balaban J connectivity index is 1.98.